The maximum absolute atomic E-state index is 5.54. The molecule has 6 nitrogen and oxygen atoms in total. The quantitative estimate of drug-likeness (QED) is 0.349. The molecule has 0 unspecified atom stereocenters. The van der Waals surface area contributed by atoms with Crippen LogP contribution in [0.2, 0.25) is 0 Å². The van der Waals surface area contributed by atoms with Crippen LogP contribution in [0.4, 0.5) is 11.6 Å². The molecule has 120 valence electrons. The van der Waals surface area contributed by atoms with Gasteiger partial charge in [0.1, 0.15) is 17.5 Å². The number of nitrogen functional groups attached to an aromatic ring is 1. The van der Waals surface area contributed by atoms with E-state index >= 15 is 0 Å². The number of aryl methyl sites for hydroxylation is 1. The number of nitrogens with one attached hydrogen (secondary N) is 2. The fourth-order valence-electron chi connectivity index (χ4n) is 2.26. The normalized spacial score (nSPS) is 11.0. The molecule has 0 atom stereocenters. The van der Waals surface area contributed by atoms with Gasteiger partial charge >= 0.3 is 0 Å². The highest BCUT2D eigenvalue weighted by Gasteiger charge is 2.09. The van der Waals surface area contributed by atoms with E-state index < -0.39 is 0 Å². The minimum atomic E-state index is 0.708. The topological polar surface area (TPSA) is 79.1 Å². The number of hydrazine groups is 1. The van der Waals surface area contributed by atoms with Gasteiger partial charge in [0.15, 0.2) is 0 Å². The summed E-state index contributed by atoms with van der Waals surface area (Å²) in [6.07, 6.45) is 2.98. The summed E-state index contributed by atoms with van der Waals surface area (Å²) in [6.45, 7) is 12.7. The highest BCUT2D eigenvalue weighted by atomic mass is 15.3. The molecule has 1 aromatic heterocycles. The van der Waals surface area contributed by atoms with Gasteiger partial charge in [0.2, 0.25) is 0 Å². The third kappa shape index (κ3) is 5.47. The number of nitrogens with zero attached hydrogens (tertiary/aromatic N) is 3. The molecule has 0 aliphatic heterocycles. The molecule has 1 aromatic rings. The number of rotatable bonds is 10. The Labute approximate surface area is 128 Å². The van der Waals surface area contributed by atoms with Crippen molar-refractivity contribution in [1.29, 1.82) is 0 Å². The number of hydrogen-bond donors (Lipinski definition) is 3. The average molecular weight is 294 g/mol. The smallest absolute Gasteiger partial charge is 0.148 e. The number of aromatic nitrogens is 2. The average Bonchev–Trinajstić information content (AvgIpc) is 2.50. The highest BCUT2D eigenvalue weighted by molar-refractivity contribution is 5.56. The van der Waals surface area contributed by atoms with Crippen molar-refractivity contribution in [2.24, 2.45) is 5.84 Å². The Morgan fingerprint density at radius 3 is 2.33 bits per heavy atom. The van der Waals surface area contributed by atoms with Gasteiger partial charge in [-0.2, -0.15) is 0 Å². The highest BCUT2D eigenvalue weighted by Crippen LogP contribution is 2.19. The Morgan fingerprint density at radius 1 is 1.10 bits per heavy atom. The Balaban J connectivity index is 2.62. The number of anilines is 2. The van der Waals surface area contributed by atoms with E-state index in [1.165, 1.54) is 0 Å². The van der Waals surface area contributed by atoms with Crippen LogP contribution in [0.15, 0.2) is 0 Å². The summed E-state index contributed by atoms with van der Waals surface area (Å²) in [5.74, 6) is 7.97. The van der Waals surface area contributed by atoms with Crippen molar-refractivity contribution in [2.75, 3.05) is 36.9 Å². The third-order valence-electron chi connectivity index (χ3n) is 3.64. The number of hydrogen-bond acceptors (Lipinski definition) is 6. The van der Waals surface area contributed by atoms with E-state index in [4.69, 9.17) is 5.84 Å². The van der Waals surface area contributed by atoms with Gasteiger partial charge in [-0.3, -0.25) is 0 Å². The Bertz CT molecular complexity index is 417. The predicted octanol–water partition coefficient (Wildman–Crippen LogP) is 2.17. The summed E-state index contributed by atoms with van der Waals surface area (Å²) in [6, 6.07) is 0. The first-order valence-corrected chi connectivity index (χ1v) is 7.96. The lowest BCUT2D eigenvalue weighted by Gasteiger charge is -2.18. The van der Waals surface area contributed by atoms with Gasteiger partial charge in [0.05, 0.1) is 0 Å². The monoisotopic (exact) mass is 294 g/mol. The summed E-state index contributed by atoms with van der Waals surface area (Å²) in [4.78, 5) is 11.4. The maximum Gasteiger partial charge on any atom is 0.148 e. The molecular weight excluding hydrogens is 264 g/mol. The second-order valence-corrected chi connectivity index (χ2v) is 5.16. The first-order chi connectivity index (χ1) is 10.2. The van der Waals surface area contributed by atoms with Crippen LogP contribution in [0.1, 0.15) is 45.0 Å². The molecule has 0 spiro atoms. The van der Waals surface area contributed by atoms with Gasteiger partial charge in [0.25, 0.3) is 0 Å². The second-order valence-electron chi connectivity index (χ2n) is 5.16. The van der Waals surface area contributed by atoms with E-state index in [0.29, 0.717) is 5.82 Å². The lowest BCUT2D eigenvalue weighted by atomic mass is 10.2. The van der Waals surface area contributed by atoms with Gasteiger partial charge in [-0.15, -0.1) is 0 Å². The molecule has 0 aliphatic carbocycles. The molecule has 6 heteroatoms. The first-order valence-electron chi connectivity index (χ1n) is 7.96. The van der Waals surface area contributed by atoms with Crippen LogP contribution in [-0.4, -0.2) is 41.0 Å². The fraction of sp³-hybridized carbons (Fsp3) is 0.733. The molecule has 1 heterocycles. The molecule has 0 aliphatic rings. The zero-order valence-corrected chi connectivity index (χ0v) is 13.9. The van der Waals surface area contributed by atoms with Crippen molar-refractivity contribution < 1.29 is 0 Å². The van der Waals surface area contributed by atoms with Crippen molar-refractivity contribution in [3.8, 4) is 0 Å². The molecule has 0 aromatic carbocycles. The summed E-state index contributed by atoms with van der Waals surface area (Å²) in [7, 11) is 0. The third-order valence-corrected chi connectivity index (χ3v) is 3.64. The van der Waals surface area contributed by atoms with Crippen LogP contribution in [0.25, 0.3) is 0 Å². The van der Waals surface area contributed by atoms with Crippen LogP contribution >= 0.6 is 0 Å². The van der Waals surface area contributed by atoms with Crippen molar-refractivity contribution in [2.45, 2.75) is 47.0 Å². The van der Waals surface area contributed by atoms with Gasteiger partial charge < -0.3 is 15.6 Å². The standard InChI is InChI=1S/C15H30N6/c1-5-9-13-18-14(12(4)15(19-13)20-16)17-10-8-11-21(6-2)7-3/h5-11,16H2,1-4H3,(H2,17,18,19,20). The minimum Gasteiger partial charge on any atom is -0.370 e. The van der Waals surface area contributed by atoms with Gasteiger partial charge in [-0.25, -0.2) is 15.8 Å². The molecular formula is C15H30N6. The van der Waals surface area contributed by atoms with E-state index in [-0.39, 0.29) is 0 Å². The first kappa shape index (κ1) is 17.7. The fourth-order valence-corrected chi connectivity index (χ4v) is 2.26. The summed E-state index contributed by atoms with van der Waals surface area (Å²) < 4.78 is 0. The summed E-state index contributed by atoms with van der Waals surface area (Å²) in [5, 5.41) is 3.42. The van der Waals surface area contributed by atoms with E-state index in [2.05, 4.69) is 46.4 Å². The predicted molar refractivity (Wildman–Crippen MR) is 89.5 cm³/mol. The van der Waals surface area contributed by atoms with E-state index in [1.54, 1.807) is 0 Å². The molecule has 21 heavy (non-hydrogen) atoms. The second kappa shape index (κ2) is 9.52. The molecule has 0 fully saturated rings. The maximum atomic E-state index is 5.54. The van der Waals surface area contributed by atoms with E-state index in [1.807, 2.05) is 6.92 Å². The molecule has 0 saturated heterocycles. The summed E-state index contributed by atoms with van der Waals surface area (Å²) >= 11 is 0. The van der Waals surface area contributed by atoms with Crippen LogP contribution in [0.3, 0.4) is 0 Å². The lowest BCUT2D eigenvalue weighted by molar-refractivity contribution is 0.303. The van der Waals surface area contributed by atoms with Crippen LogP contribution < -0.4 is 16.6 Å². The number of nitrogens with two attached hydrogens (primary N) is 1. The van der Waals surface area contributed by atoms with Crippen molar-refractivity contribution in [1.82, 2.24) is 14.9 Å². The van der Waals surface area contributed by atoms with Crippen LogP contribution in [-0.2, 0) is 6.42 Å². The summed E-state index contributed by atoms with van der Waals surface area (Å²) in [5.41, 5.74) is 3.63. The van der Waals surface area contributed by atoms with Crippen molar-refractivity contribution in [3.63, 3.8) is 0 Å². The van der Waals surface area contributed by atoms with Crippen LogP contribution in [0.5, 0.6) is 0 Å². The largest absolute Gasteiger partial charge is 0.370 e. The molecule has 0 amide bonds. The minimum absolute atomic E-state index is 0.708. The molecule has 1 rings (SSSR count). The Kier molecular flexibility index (Phi) is 8.00. The SMILES string of the molecule is CCCc1nc(NN)c(C)c(NCCCN(CC)CC)n1. The Morgan fingerprint density at radius 2 is 1.76 bits per heavy atom. The zero-order valence-electron chi connectivity index (χ0n) is 13.9. The Hall–Kier alpha value is -1.40. The lowest BCUT2D eigenvalue weighted by Crippen LogP contribution is -2.25. The van der Waals surface area contributed by atoms with Gasteiger partial charge in [-0.1, -0.05) is 20.8 Å². The molecule has 0 radical (unpaired) electrons. The van der Waals surface area contributed by atoms with Gasteiger partial charge in [-0.05, 0) is 39.4 Å². The zero-order chi connectivity index (χ0) is 15.7. The molecule has 0 saturated carbocycles. The molecule has 0 bridgehead atoms. The van der Waals surface area contributed by atoms with Crippen molar-refractivity contribution in [3.05, 3.63) is 11.4 Å². The van der Waals surface area contributed by atoms with Gasteiger partial charge in [0, 0.05) is 18.5 Å². The molecule has 4 N–H and O–H groups in total. The van der Waals surface area contributed by atoms with Crippen LogP contribution in [0, 0.1) is 6.92 Å². The van der Waals surface area contributed by atoms with Crippen molar-refractivity contribution >= 4 is 11.6 Å². The van der Waals surface area contributed by atoms with E-state index in [0.717, 1.165) is 62.6 Å². The van der Waals surface area contributed by atoms with E-state index in [9.17, 15) is 0 Å².